The Kier molecular flexibility index (Phi) is 4.69. The van der Waals surface area contributed by atoms with Gasteiger partial charge in [0.15, 0.2) is 0 Å². The van der Waals surface area contributed by atoms with Crippen LogP contribution in [0.25, 0.3) is 0 Å². The van der Waals surface area contributed by atoms with E-state index in [2.05, 4.69) is 40.1 Å². The minimum Gasteiger partial charge on any atom is -0.374 e. The fourth-order valence-electron chi connectivity index (χ4n) is 2.39. The second kappa shape index (κ2) is 6.48. The Morgan fingerprint density at radius 3 is 2.55 bits per heavy atom. The molecule has 0 aliphatic rings. The molecule has 2 rings (SSSR count). The zero-order valence-corrected chi connectivity index (χ0v) is 12.4. The molecule has 0 aliphatic heterocycles. The monoisotopic (exact) mass is 270 g/mol. The summed E-state index contributed by atoms with van der Waals surface area (Å²) in [5.41, 5.74) is 11.5. The molecule has 0 fully saturated rings. The van der Waals surface area contributed by atoms with Crippen LogP contribution < -0.4 is 10.6 Å². The lowest BCUT2D eigenvalue weighted by Gasteiger charge is -2.23. The first-order valence-electron chi connectivity index (χ1n) is 6.89. The van der Waals surface area contributed by atoms with Gasteiger partial charge < -0.3 is 10.6 Å². The maximum absolute atomic E-state index is 5.87. The third kappa shape index (κ3) is 3.33. The largest absolute Gasteiger partial charge is 0.374 e. The molecule has 4 heteroatoms. The van der Waals surface area contributed by atoms with Crippen molar-refractivity contribution in [1.82, 2.24) is 9.97 Å². The van der Waals surface area contributed by atoms with Crippen molar-refractivity contribution in [3.63, 3.8) is 0 Å². The maximum Gasteiger partial charge on any atom is 0.0445 e. The number of aryl methyl sites for hydroxylation is 2. The molecular weight excluding hydrogens is 248 g/mol. The molecule has 4 nitrogen and oxygen atoms in total. The highest BCUT2D eigenvalue weighted by Crippen LogP contribution is 2.22. The van der Waals surface area contributed by atoms with Crippen molar-refractivity contribution in [2.75, 3.05) is 18.5 Å². The van der Waals surface area contributed by atoms with Gasteiger partial charge in [-0.15, -0.1) is 0 Å². The summed E-state index contributed by atoms with van der Waals surface area (Å²) in [6.45, 7) is 5.51. The summed E-state index contributed by atoms with van der Waals surface area (Å²) < 4.78 is 0. The standard InChI is InChI=1S/C16H22N4/c1-12-10-16(15(11-17)13(2)19-12)20(3)9-6-14-4-7-18-8-5-14/h4-5,7-8,10H,6,9,11,17H2,1-3H3. The molecule has 0 aromatic carbocycles. The quantitative estimate of drug-likeness (QED) is 0.905. The molecule has 106 valence electrons. The Bertz CT molecular complexity index is 566. The lowest BCUT2D eigenvalue weighted by Crippen LogP contribution is -2.23. The number of hydrogen-bond donors (Lipinski definition) is 1. The normalized spacial score (nSPS) is 10.6. The fraction of sp³-hybridized carbons (Fsp3) is 0.375. The van der Waals surface area contributed by atoms with Crippen molar-refractivity contribution in [3.8, 4) is 0 Å². The molecule has 0 unspecified atom stereocenters. The van der Waals surface area contributed by atoms with E-state index in [0.29, 0.717) is 6.54 Å². The summed E-state index contributed by atoms with van der Waals surface area (Å²) in [6, 6.07) is 6.23. The summed E-state index contributed by atoms with van der Waals surface area (Å²) in [6.07, 6.45) is 4.66. The molecule has 0 aliphatic carbocycles. The van der Waals surface area contributed by atoms with Gasteiger partial charge in [-0.25, -0.2) is 0 Å². The van der Waals surface area contributed by atoms with Crippen molar-refractivity contribution in [3.05, 3.63) is 53.1 Å². The van der Waals surface area contributed by atoms with Crippen molar-refractivity contribution in [2.24, 2.45) is 5.73 Å². The van der Waals surface area contributed by atoms with Gasteiger partial charge in [-0.05, 0) is 44.0 Å². The Hall–Kier alpha value is -1.94. The average Bonchev–Trinajstić information content (AvgIpc) is 2.45. The number of hydrogen-bond acceptors (Lipinski definition) is 4. The zero-order chi connectivity index (χ0) is 14.5. The molecule has 2 aromatic rings. The number of nitrogens with zero attached hydrogens (tertiary/aromatic N) is 3. The van der Waals surface area contributed by atoms with Crippen LogP contribution in [0.5, 0.6) is 0 Å². The molecule has 0 spiro atoms. The zero-order valence-electron chi connectivity index (χ0n) is 12.4. The second-order valence-corrected chi connectivity index (χ2v) is 5.08. The number of likely N-dealkylation sites (N-methyl/N-ethyl adjacent to an activating group) is 1. The first-order valence-corrected chi connectivity index (χ1v) is 6.89. The number of anilines is 1. The van der Waals surface area contributed by atoms with Crippen LogP contribution in [0.1, 0.15) is 22.5 Å². The van der Waals surface area contributed by atoms with Crippen LogP contribution >= 0.6 is 0 Å². The van der Waals surface area contributed by atoms with Gasteiger partial charge in [0.05, 0.1) is 0 Å². The van der Waals surface area contributed by atoms with E-state index in [1.54, 1.807) is 0 Å². The molecule has 2 heterocycles. The van der Waals surface area contributed by atoms with E-state index < -0.39 is 0 Å². The van der Waals surface area contributed by atoms with Gasteiger partial charge in [-0.3, -0.25) is 9.97 Å². The van der Waals surface area contributed by atoms with Crippen LogP contribution in [0.3, 0.4) is 0 Å². The molecule has 0 saturated carbocycles. The van der Waals surface area contributed by atoms with Crippen molar-refractivity contribution in [2.45, 2.75) is 26.8 Å². The van der Waals surface area contributed by atoms with Gasteiger partial charge in [0.25, 0.3) is 0 Å². The summed E-state index contributed by atoms with van der Waals surface area (Å²) >= 11 is 0. The van der Waals surface area contributed by atoms with E-state index in [4.69, 9.17) is 5.73 Å². The molecule has 0 saturated heterocycles. The fourth-order valence-corrected chi connectivity index (χ4v) is 2.39. The SMILES string of the molecule is Cc1cc(N(C)CCc2ccncc2)c(CN)c(C)n1. The van der Waals surface area contributed by atoms with E-state index in [1.807, 2.05) is 26.2 Å². The van der Waals surface area contributed by atoms with Crippen LogP contribution in [0.2, 0.25) is 0 Å². The van der Waals surface area contributed by atoms with E-state index in [0.717, 1.165) is 29.9 Å². The number of nitrogens with two attached hydrogens (primary N) is 1. The van der Waals surface area contributed by atoms with E-state index in [9.17, 15) is 0 Å². The second-order valence-electron chi connectivity index (χ2n) is 5.08. The Labute approximate surface area is 120 Å². The molecule has 0 bridgehead atoms. The molecule has 2 N–H and O–H groups in total. The minimum absolute atomic E-state index is 0.522. The van der Waals surface area contributed by atoms with Crippen LogP contribution in [0.4, 0.5) is 5.69 Å². The van der Waals surface area contributed by atoms with Gasteiger partial charge in [-0.1, -0.05) is 0 Å². The van der Waals surface area contributed by atoms with Gasteiger partial charge in [0.2, 0.25) is 0 Å². The smallest absolute Gasteiger partial charge is 0.0445 e. The lowest BCUT2D eigenvalue weighted by atomic mass is 10.1. The van der Waals surface area contributed by atoms with Crippen molar-refractivity contribution >= 4 is 5.69 Å². The number of aromatic nitrogens is 2. The molecule has 0 radical (unpaired) electrons. The van der Waals surface area contributed by atoms with Crippen LogP contribution in [0, 0.1) is 13.8 Å². The molecule has 0 amide bonds. The highest BCUT2D eigenvalue weighted by Gasteiger charge is 2.11. The summed E-state index contributed by atoms with van der Waals surface area (Å²) in [5, 5.41) is 0. The first-order chi connectivity index (χ1) is 9.61. The van der Waals surface area contributed by atoms with Crippen molar-refractivity contribution < 1.29 is 0 Å². The van der Waals surface area contributed by atoms with Crippen LogP contribution in [-0.4, -0.2) is 23.6 Å². The van der Waals surface area contributed by atoms with Gasteiger partial charge >= 0.3 is 0 Å². The van der Waals surface area contributed by atoms with Gasteiger partial charge in [-0.2, -0.15) is 0 Å². The van der Waals surface area contributed by atoms with Crippen LogP contribution in [-0.2, 0) is 13.0 Å². The van der Waals surface area contributed by atoms with Crippen LogP contribution in [0.15, 0.2) is 30.6 Å². The average molecular weight is 270 g/mol. The summed E-state index contributed by atoms with van der Waals surface area (Å²) in [7, 11) is 2.11. The third-order valence-corrected chi connectivity index (χ3v) is 3.54. The Morgan fingerprint density at radius 2 is 1.90 bits per heavy atom. The van der Waals surface area contributed by atoms with Crippen molar-refractivity contribution in [1.29, 1.82) is 0 Å². The predicted octanol–water partition coefficient (Wildman–Crippen LogP) is 2.23. The minimum atomic E-state index is 0.522. The highest BCUT2D eigenvalue weighted by atomic mass is 15.1. The summed E-state index contributed by atoms with van der Waals surface area (Å²) in [4.78, 5) is 10.8. The van der Waals surface area contributed by atoms with Gasteiger partial charge in [0, 0.05) is 55.2 Å². The number of pyridine rings is 2. The van der Waals surface area contributed by atoms with E-state index in [-0.39, 0.29) is 0 Å². The molecular formula is C16H22N4. The summed E-state index contributed by atoms with van der Waals surface area (Å²) in [5.74, 6) is 0. The topological polar surface area (TPSA) is 55.0 Å². The highest BCUT2D eigenvalue weighted by molar-refractivity contribution is 5.55. The third-order valence-electron chi connectivity index (χ3n) is 3.54. The lowest BCUT2D eigenvalue weighted by molar-refractivity contribution is 0.854. The van der Waals surface area contributed by atoms with E-state index >= 15 is 0 Å². The molecule has 2 aromatic heterocycles. The number of rotatable bonds is 5. The Balaban J connectivity index is 2.14. The first kappa shape index (κ1) is 14.5. The maximum atomic E-state index is 5.87. The predicted molar refractivity (Wildman–Crippen MR) is 82.8 cm³/mol. The Morgan fingerprint density at radius 1 is 1.20 bits per heavy atom. The molecule has 0 atom stereocenters. The van der Waals surface area contributed by atoms with Gasteiger partial charge in [0.1, 0.15) is 0 Å². The molecule has 20 heavy (non-hydrogen) atoms. The van der Waals surface area contributed by atoms with E-state index in [1.165, 1.54) is 11.3 Å².